The molecule has 1 aromatic rings. The second-order valence-electron chi connectivity index (χ2n) is 4.24. The molecule has 0 aliphatic heterocycles. The van der Waals surface area contributed by atoms with Gasteiger partial charge in [0.1, 0.15) is 12.0 Å². The molecule has 0 fully saturated rings. The van der Waals surface area contributed by atoms with Crippen LogP contribution in [0, 0.1) is 10.1 Å². The molecule has 3 N–H and O–H groups in total. The zero-order chi connectivity index (χ0) is 15.1. The summed E-state index contributed by atoms with van der Waals surface area (Å²) in [4.78, 5) is 16.3. The fourth-order valence-electron chi connectivity index (χ4n) is 1.80. The van der Waals surface area contributed by atoms with E-state index in [9.17, 15) is 10.1 Å². The SMILES string of the molecule is CCCCN(CC)c1ncc([N+](=O)[O-])cc1C(N)=NO. The van der Waals surface area contributed by atoms with Crippen molar-refractivity contribution in [3.05, 3.63) is 27.9 Å². The Morgan fingerprint density at radius 3 is 2.80 bits per heavy atom. The quantitative estimate of drug-likeness (QED) is 0.258. The molecule has 0 aliphatic rings. The summed E-state index contributed by atoms with van der Waals surface area (Å²) in [5.74, 6) is 0.299. The highest BCUT2D eigenvalue weighted by Crippen LogP contribution is 2.22. The molecule has 0 radical (unpaired) electrons. The number of hydrogen-bond donors (Lipinski definition) is 2. The van der Waals surface area contributed by atoms with Crippen LogP contribution in [0.1, 0.15) is 32.3 Å². The van der Waals surface area contributed by atoms with E-state index in [0.29, 0.717) is 12.4 Å². The van der Waals surface area contributed by atoms with Crippen molar-refractivity contribution in [2.75, 3.05) is 18.0 Å². The standard InChI is InChI=1S/C12H19N5O3/c1-3-5-6-16(4-2)12-10(11(13)15-18)7-9(8-14-12)17(19)20/h7-8,18H,3-6H2,1-2H3,(H2,13,15). The summed E-state index contributed by atoms with van der Waals surface area (Å²) in [5.41, 5.74) is 5.67. The van der Waals surface area contributed by atoms with E-state index in [4.69, 9.17) is 10.9 Å². The summed E-state index contributed by atoms with van der Waals surface area (Å²) >= 11 is 0. The minimum absolute atomic E-state index is 0.189. The van der Waals surface area contributed by atoms with E-state index in [1.54, 1.807) is 0 Å². The number of nitrogens with two attached hydrogens (primary N) is 1. The molecule has 110 valence electrons. The van der Waals surface area contributed by atoms with E-state index in [1.165, 1.54) is 12.3 Å². The molecule has 0 spiro atoms. The van der Waals surface area contributed by atoms with Crippen molar-refractivity contribution in [2.45, 2.75) is 26.7 Å². The Morgan fingerprint density at radius 1 is 1.60 bits per heavy atom. The molecular weight excluding hydrogens is 262 g/mol. The van der Waals surface area contributed by atoms with Gasteiger partial charge in [-0.3, -0.25) is 10.1 Å². The van der Waals surface area contributed by atoms with E-state index >= 15 is 0 Å². The van der Waals surface area contributed by atoms with Crippen molar-refractivity contribution < 1.29 is 10.1 Å². The normalized spacial score (nSPS) is 11.4. The molecule has 1 heterocycles. The Hall–Kier alpha value is -2.38. The first kappa shape index (κ1) is 15.7. The molecule has 0 saturated heterocycles. The fourth-order valence-corrected chi connectivity index (χ4v) is 1.80. The van der Waals surface area contributed by atoms with Gasteiger partial charge in [-0.25, -0.2) is 4.98 Å². The van der Waals surface area contributed by atoms with Gasteiger partial charge in [0.15, 0.2) is 5.84 Å². The zero-order valence-corrected chi connectivity index (χ0v) is 11.6. The lowest BCUT2D eigenvalue weighted by molar-refractivity contribution is -0.385. The van der Waals surface area contributed by atoms with E-state index in [-0.39, 0.29) is 17.1 Å². The van der Waals surface area contributed by atoms with Gasteiger partial charge in [-0.05, 0) is 13.3 Å². The second-order valence-corrected chi connectivity index (χ2v) is 4.24. The van der Waals surface area contributed by atoms with Crippen LogP contribution in [0.3, 0.4) is 0 Å². The molecule has 1 rings (SSSR count). The summed E-state index contributed by atoms with van der Waals surface area (Å²) in [6.45, 7) is 5.45. The molecule has 8 heteroatoms. The molecular formula is C12H19N5O3. The van der Waals surface area contributed by atoms with Crippen LogP contribution in [0.4, 0.5) is 11.5 Å². The summed E-state index contributed by atoms with van der Waals surface area (Å²) in [7, 11) is 0. The van der Waals surface area contributed by atoms with Crippen LogP contribution >= 0.6 is 0 Å². The molecule has 0 unspecified atom stereocenters. The van der Waals surface area contributed by atoms with Gasteiger partial charge in [-0.1, -0.05) is 18.5 Å². The smallest absolute Gasteiger partial charge is 0.288 e. The predicted molar refractivity (Wildman–Crippen MR) is 76.2 cm³/mol. The number of rotatable bonds is 7. The maximum Gasteiger partial charge on any atom is 0.288 e. The summed E-state index contributed by atoms with van der Waals surface area (Å²) in [6, 6.07) is 1.27. The molecule has 20 heavy (non-hydrogen) atoms. The fraction of sp³-hybridized carbons (Fsp3) is 0.500. The monoisotopic (exact) mass is 281 g/mol. The zero-order valence-electron chi connectivity index (χ0n) is 11.6. The molecule has 0 aliphatic carbocycles. The van der Waals surface area contributed by atoms with Gasteiger partial charge in [0.05, 0.1) is 10.5 Å². The van der Waals surface area contributed by atoms with Gasteiger partial charge >= 0.3 is 0 Å². The van der Waals surface area contributed by atoms with Gasteiger partial charge in [0.2, 0.25) is 0 Å². The van der Waals surface area contributed by atoms with Crippen molar-refractivity contribution in [2.24, 2.45) is 10.9 Å². The van der Waals surface area contributed by atoms with E-state index in [1.807, 2.05) is 11.8 Å². The van der Waals surface area contributed by atoms with Crippen molar-refractivity contribution in [1.82, 2.24) is 4.98 Å². The lowest BCUT2D eigenvalue weighted by atomic mass is 10.2. The Kier molecular flexibility index (Phi) is 5.70. The Bertz CT molecular complexity index is 504. The topological polar surface area (TPSA) is 118 Å². The molecule has 8 nitrogen and oxygen atoms in total. The molecule has 0 amide bonds. The lowest BCUT2D eigenvalue weighted by Gasteiger charge is -2.23. The Balaban J connectivity index is 3.26. The minimum atomic E-state index is -0.562. The van der Waals surface area contributed by atoms with Gasteiger partial charge in [0, 0.05) is 19.2 Å². The number of amidine groups is 1. The average Bonchev–Trinajstić information content (AvgIpc) is 2.47. The number of anilines is 1. The lowest BCUT2D eigenvalue weighted by Crippen LogP contribution is -2.28. The third-order valence-corrected chi connectivity index (χ3v) is 2.91. The van der Waals surface area contributed by atoms with Crippen molar-refractivity contribution in [3.8, 4) is 0 Å². The number of oxime groups is 1. The van der Waals surface area contributed by atoms with E-state index < -0.39 is 4.92 Å². The van der Waals surface area contributed by atoms with Crippen LogP contribution in [0.15, 0.2) is 17.4 Å². The summed E-state index contributed by atoms with van der Waals surface area (Å²) in [6.07, 6.45) is 3.16. The first-order valence-electron chi connectivity index (χ1n) is 6.42. The van der Waals surface area contributed by atoms with E-state index in [2.05, 4.69) is 17.1 Å². The number of aromatic nitrogens is 1. The minimum Gasteiger partial charge on any atom is -0.409 e. The van der Waals surface area contributed by atoms with Crippen LogP contribution in [-0.4, -0.2) is 34.0 Å². The van der Waals surface area contributed by atoms with Crippen molar-refractivity contribution >= 4 is 17.3 Å². The molecule has 0 atom stereocenters. The third-order valence-electron chi connectivity index (χ3n) is 2.91. The van der Waals surface area contributed by atoms with Crippen LogP contribution in [-0.2, 0) is 0 Å². The summed E-state index contributed by atoms with van der Waals surface area (Å²) < 4.78 is 0. The molecule has 0 saturated carbocycles. The van der Waals surface area contributed by atoms with Gasteiger partial charge in [-0.15, -0.1) is 0 Å². The van der Waals surface area contributed by atoms with Crippen LogP contribution < -0.4 is 10.6 Å². The number of pyridine rings is 1. The van der Waals surface area contributed by atoms with E-state index in [0.717, 1.165) is 19.4 Å². The highest BCUT2D eigenvalue weighted by Gasteiger charge is 2.19. The van der Waals surface area contributed by atoms with Gasteiger partial charge in [0.25, 0.3) is 5.69 Å². The molecule has 0 aromatic carbocycles. The van der Waals surface area contributed by atoms with Crippen molar-refractivity contribution in [1.29, 1.82) is 0 Å². The highest BCUT2D eigenvalue weighted by atomic mass is 16.6. The van der Waals surface area contributed by atoms with Gasteiger partial charge < -0.3 is 15.8 Å². The third kappa shape index (κ3) is 3.56. The number of unbranched alkanes of at least 4 members (excludes halogenated alkanes) is 1. The Morgan fingerprint density at radius 2 is 2.30 bits per heavy atom. The van der Waals surface area contributed by atoms with Crippen LogP contribution in [0.5, 0.6) is 0 Å². The second kappa shape index (κ2) is 7.27. The molecule has 0 bridgehead atoms. The first-order chi connectivity index (χ1) is 9.54. The van der Waals surface area contributed by atoms with Gasteiger partial charge in [-0.2, -0.15) is 0 Å². The Labute approximate surface area is 117 Å². The van der Waals surface area contributed by atoms with Crippen molar-refractivity contribution in [3.63, 3.8) is 0 Å². The number of hydrogen-bond acceptors (Lipinski definition) is 6. The maximum atomic E-state index is 10.8. The number of nitrogens with zero attached hydrogens (tertiary/aromatic N) is 4. The van der Waals surface area contributed by atoms with Crippen LogP contribution in [0.2, 0.25) is 0 Å². The molecule has 1 aromatic heterocycles. The predicted octanol–water partition coefficient (Wildman–Crippen LogP) is 1.71. The maximum absolute atomic E-state index is 10.8. The highest BCUT2D eigenvalue weighted by molar-refractivity contribution is 6.01. The largest absolute Gasteiger partial charge is 0.409 e. The first-order valence-corrected chi connectivity index (χ1v) is 6.42. The average molecular weight is 281 g/mol. The summed E-state index contributed by atoms with van der Waals surface area (Å²) in [5, 5.41) is 22.5. The number of nitro groups is 1. The van der Waals surface area contributed by atoms with Crippen LogP contribution in [0.25, 0.3) is 0 Å².